The molecule has 3 nitrogen and oxygen atoms in total. The Hall–Kier alpha value is -1.16. The summed E-state index contributed by atoms with van der Waals surface area (Å²) in [5.41, 5.74) is 0. The molecule has 2 rings (SSSR count). The summed E-state index contributed by atoms with van der Waals surface area (Å²) in [5.74, 6) is 0.879. The first kappa shape index (κ1) is 10.4. The van der Waals surface area contributed by atoms with Crippen molar-refractivity contribution in [3.8, 4) is 0 Å². The van der Waals surface area contributed by atoms with Gasteiger partial charge in [-0.1, -0.05) is 19.4 Å². The lowest BCUT2D eigenvalue weighted by Gasteiger charge is -1.99. The molecule has 0 aliphatic carbocycles. The van der Waals surface area contributed by atoms with Crippen LogP contribution in [0.15, 0.2) is 22.5 Å². The van der Waals surface area contributed by atoms with Gasteiger partial charge in [-0.25, -0.2) is 0 Å². The van der Waals surface area contributed by atoms with Crippen molar-refractivity contribution in [1.29, 1.82) is 0 Å². The van der Waals surface area contributed by atoms with Gasteiger partial charge in [0.1, 0.15) is 11.9 Å². The second kappa shape index (κ2) is 4.57. The number of thiophene rings is 1. The van der Waals surface area contributed by atoms with E-state index in [0.717, 1.165) is 25.1 Å². The Balaban J connectivity index is 2.00. The first-order valence-electron chi connectivity index (χ1n) is 5.19. The monoisotopic (exact) mass is 222 g/mol. The maximum atomic E-state index is 11.5. The zero-order valence-electron chi connectivity index (χ0n) is 8.69. The standard InChI is InChI=1S/C11H14N2OS/c1-2-4-9-11(14)13-10(12-9)7-8-5-3-6-15-8/h3,5-6,9H,2,4,7H2,1H3,(H,12,13,14). The van der Waals surface area contributed by atoms with Crippen LogP contribution in [-0.4, -0.2) is 17.8 Å². The van der Waals surface area contributed by atoms with Crippen molar-refractivity contribution < 1.29 is 4.79 Å². The number of hydrogen-bond acceptors (Lipinski definition) is 3. The second-order valence-corrected chi connectivity index (χ2v) is 4.66. The molecule has 0 fully saturated rings. The van der Waals surface area contributed by atoms with E-state index in [2.05, 4.69) is 23.3 Å². The summed E-state index contributed by atoms with van der Waals surface area (Å²) in [6.45, 7) is 2.07. The molecule has 1 aliphatic rings. The van der Waals surface area contributed by atoms with Gasteiger partial charge in [0.05, 0.1) is 0 Å². The first-order chi connectivity index (χ1) is 7.29. The summed E-state index contributed by atoms with van der Waals surface area (Å²) >= 11 is 1.69. The third-order valence-corrected chi connectivity index (χ3v) is 3.24. The number of nitrogens with one attached hydrogen (secondary N) is 1. The highest BCUT2D eigenvalue weighted by atomic mass is 32.1. The fraction of sp³-hybridized carbons (Fsp3) is 0.455. The summed E-state index contributed by atoms with van der Waals surface area (Å²) in [4.78, 5) is 17.1. The molecule has 0 bridgehead atoms. The molecule has 15 heavy (non-hydrogen) atoms. The highest BCUT2D eigenvalue weighted by Gasteiger charge is 2.24. The maximum Gasteiger partial charge on any atom is 0.250 e. The van der Waals surface area contributed by atoms with Crippen molar-refractivity contribution >= 4 is 23.1 Å². The fourth-order valence-corrected chi connectivity index (χ4v) is 2.35. The van der Waals surface area contributed by atoms with Crippen molar-refractivity contribution in [3.05, 3.63) is 22.4 Å². The zero-order valence-corrected chi connectivity index (χ0v) is 9.51. The molecule has 4 heteroatoms. The topological polar surface area (TPSA) is 41.5 Å². The van der Waals surface area contributed by atoms with Crippen LogP contribution >= 0.6 is 11.3 Å². The summed E-state index contributed by atoms with van der Waals surface area (Å²) in [7, 11) is 0. The summed E-state index contributed by atoms with van der Waals surface area (Å²) in [5, 5.41) is 4.88. The lowest BCUT2D eigenvalue weighted by Crippen LogP contribution is -2.29. The van der Waals surface area contributed by atoms with Gasteiger partial charge in [-0.15, -0.1) is 11.3 Å². The van der Waals surface area contributed by atoms with Gasteiger partial charge in [0.2, 0.25) is 5.91 Å². The minimum atomic E-state index is -0.148. The summed E-state index contributed by atoms with van der Waals surface area (Å²) < 4.78 is 0. The molecule has 1 aromatic rings. The zero-order chi connectivity index (χ0) is 10.7. The number of amides is 1. The van der Waals surface area contributed by atoms with Crippen molar-refractivity contribution in [1.82, 2.24) is 5.32 Å². The molecular formula is C11H14N2OS. The van der Waals surface area contributed by atoms with Crippen LogP contribution in [0.25, 0.3) is 0 Å². The van der Waals surface area contributed by atoms with Crippen molar-refractivity contribution in [3.63, 3.8) is 0 Å². The Morgan fingerprint density at radius 3 is 3.13 bits per heavy atom. The van der Waals surface area contributed by atoms with E-state index in [-0.39, 0.29) is 11.9 Å². The molecule has 1 amide bonds. The number of aliphatic imine (C=N–C) groups is 1. The lowest BCUT2D eigenvalue weighted by atomic mass is 10.2. The van der Waals surface area contributed by atoms with Gasteiger partial charge in [-0.2, -0.15) is 0 Å². The largest absolute Gasteiger partial charge is 0.312 e. The van der Waals surface area contributed by atoms with Gasteiger partial charge < -0.3 is 5.32 Å². The van der Waals surface area contributed by atoms with Crippen LogP contribution in [0, 0.1) is 0 Å². The first-order valence-corrected chi connectivity index (χ1v) is 6.07. The van der Waals surface area contributed by atoms with E-state index in [1.165, 1.54) is 4.88 Å². The maximum absolute atomic E-state index is 11.5. The number of carbonyl (C=O) groups is 1. The van der Waals surface area contributed by atoms with Gasteiger partial charge >= 0.3 is 0 Å². The van der Waals surface area contributed by atoms with E-state index in [4.69, 9.17) is 0 Å². The van der Waals surface area contributed by atoms with Crippen LogP contribution in [0.2, 0.25) is 0 Å². The molecule has 0 saturated carbocycles. The number of nitrogens with zero attached hydrogens (tertiary/aromatic N) is 1. The highest BCUT2D eigenvalue weighted by molar-refractivity contribution is 7.10. The fourth-order valence-electron chi connectivity index (χ4n) is 1.64. The lowest BCUT2D eigenvalue weighted by molar-refractivity contribution is -0.120. The van der Waals surface area contributed by atoms with Crippen molar-refractivity contribution in [2.24, 2.45) is 4.99 Å². The van der Waals surface area contributed by atoms with E-state index >= 15 is 0 Å². The Labute approximate surface area is 93.2 Å². The molecule has 0 saturated heterocycles. The average molecular weight is 222 g/mol. The predicted octanol–water partition coefficient (Wildman–Crippen LogP) is 1.99. The molecular weight excluding hydrogens is 208 g/mol. The van der Waals surface area contributed by atoms with Crippen LogP contribution in [-0.2, 0) is 11.2 Å². The van der Waals surface area contributed by atoms with Gasteiger partial charge in [0.25, 0.3) is 0 Å². The SMILES string of the molecule is CCCC1N=C(Cc2cccs2)NC1=O. The Kier molecular flexibility index (Phi) is 3.16. The molecule has 2 heterocycles. The van der Waals surface area contributed by atoms with Crippen molar-refractivity contribution in [2.45, 2.75) is 32.2 Å². The predicted molar refractivity (Wildman–Crippen MR) is 62.3 cm³/mol. The minimum absolute atomic E-state index is 0.0587. The van der Waals surface area contributed by atoms with Crippen LogP contribution in [0.3, 0.4) is 0 Å². The van der Waals surface area contributed by atoms with Crippen molar-refractivity contribution in [2.75, 3.05) is 0 Å². The molecule has 1 N–H and O–H groups in total. The van der Waals surface area contributed by atoms with Gasteiger partial charge in [-0.05, 0) is 17.9 Å². The smallest absolute Gasteiger partial charge is 0.250 e. The van der Waals surface area contributed by atoms with E-state index in [1.807, 2.05) is 11.4 Å². The van der Waals surface area contributed by atoms with E-state index in [1.54, 1.807) is 11.3 Å². The minimum Gasteiger partial charge on any atom is -0.312 e. The Morgan fingerprint density at radius 1 is 1.60 bits per heavy atom. The number of carbonyl (C=O) groups excluding carboxylic acids is 1. The summed E-state index contributed by atoms with van der Waals surface area (Å²) in [6.07, 6.45) is 2.59. The number of amidine groups is 1. The number of hydrogen-bond donors (Lipinski definition) is 1. The molecule has 80 valence electrons. The van der Waals surface area contributed by atoms with E-state index < -0.39 is 0 Å². The average Bonchev–Trinajstić information content (AvgIpc) is 2.79. The van der Waals surface area contributed by atoms with Gasteiger partial charge in [-0.3, -0.25) is 9.79 Å². The highest BCUT2D eigenvalue weighted by Crippen LogP contribution is 2.13. The van der Waals surface area contributed by atoms with Crippen LogP contribution < -0.4 is 5.32 Å². The van der Waals surface area contributed by atoms with Gasteiger partial charge in [0.15, 0.2) is 0 Å². The van der Waals surface area contributed by atoms with Crippen LogP contribution in [0.4, 0.5) is 0 Å². The third kappa shape index (κ3) is 2.45. The normalized spacial score (nSPS) is 20.2. The molecule has 0 spiro atoms. The molecule has 0 aromatic carbocycles. The molecule has 1 atom stereocenters. The van der Waals surface area contributed by atoms with Crippen LogP contribution in [0.5, 0.6) is 0 Å². The van der Waals surface area contributed by atoms with E-state index in [0.29, 0.717) is 0 Å². The molecule has 1 aliphatic heterocycles. The van der Waals surface area contributed by atoms with Crippen LogP contribution in [0.1, 0.15) is 24.6 Å². The Morgan fingerprint density at radius 2 is 2.47 bits per heavy atom. The number of rotatable bonds is 4. The van der Waals surface area contributed by atoms with Gasteiger partial charge in [0, 0.05) is 11.3 Å². The molecule has 1 unspecified atom stereocenters. The quantitative estimate of drug-likeness (QED) is 0.831. The second-order valence-electron chi connectivity index (χ2n) is 3.63. The van der Waals surface area contributed by atoms with E-state index in [9.17, 15) is 4.79 Å². The molecule has 0 radical (unpaired) electrons. The molecule has 1 aromatic heterocycles. The summed E-state index contributed by atoms with van der Waals surface area (Å²) in [6, 6.07) is 3.93. The Bertz CT molecular complexity index is 370. The third-order valence-electron chi connectivity index (χ3n) is 2.37.